The largest absolute Gasteiger partial charge is 0.495 e. The summed E-state index contributed by atoms with van der Waals surface area (Å²) in [6.45, 7) is -0.0486. The number of carboxylic acid groups (broad SMARTS) is 1. The number of aromatic nitrogens is 3. The van der Waals surface area contributed by atoms with E-state index < -0.39 is 23.9 Å². The van der Waals surface area contributed by atoms with E-state index in [0.29, 0.717) is 11.3 Å². The van der Waals surface area contributed by atoms with Crippen molar-refractivity contribution < 1.29 is 32.6 Å². The number of amides is 1. The molecule has 1 amide bonds. The monoisotopic (exact) mass is 432 g/mol. The quantitative estimate of drug-likeness (QED) is 0.615. The van der Waals surface area contributed by atoms with Gasteiger partial charge in [0.1, 0.15) is 5.75 Å². The van der Waals surface area contributed by atoms with Gasteiger partial charge in [-0.1, -0.05) is 12.1 Å². The van der Waals surface area contributed by atoms with E-state index in [0.717, 1.165) is 12.4 Å². The van der Waals surface area contributed by atoms with Crippen LogP contribution in [0.5, 0.6) is 5.75 Å². The number of hydrogen-bond donors (Lipinski definition) is 2. The van der Waals surface area contributed by atoms with Crippen molar-refractivity contribution in [1.82, 2.24) is 20.3 Å². The minimum atomic E-state index is -4.66. The maximum atomic E-state index is 12.6. The lowest BCUT2D eigenvalue weighted by Gasteiger charge is -2.12. The van der Waals surface area contributed by atoms with E-state index in [2.05, 4.69) is 20.3 Å². The molecular formula is C20H15F3N4O4. The van der Waals surface area contributed by atoms with E-state index in [1.54, 1.807) is 0 Å². The van der Waals surface area contributed by atoms with Gasteiger partial charge in [-0.05, 0) is 18.2 Å². The number of alkyl halides is 3. The summed E-state index contributed by atoms with van der Waals surface area (Å²) >= 11 is 0. The molecule has 0 radical (unpaired) electrons. The molecule has 0 atom stereocenters. The van der Waals surface area contributed by atoms with Gasteiger partial charge in [0.15, 0.2) is 0 Å². The molecule has 1 aromatic carbocycles. The number of nitrogens with zero attached hydrogens (tertiary/aromatic N) is 3. The average molecular weight is 432 g/mol. The zero-order chi connectivity index (χ0) is 22.6. The predicted octanol–water partition coefficient (Wildman–Crippen LogP) is 3.19. The molecule has 0 bridgehead atoms. The fraction of sp³-hybridized carbons (Fsp3) is 0.150. The molecule has 0 unspecified atom stereocenters. The molecule has 0 saturated heterocycles. The highest BCUT2D eigenvalue weighted by Crippen LogP contribution is 2.28. The van der Waals surface area contributed by atoms with Crippen LogP contribution in [0, 0.1) is 0 Å². The van der Waals surface area contributed by atoms with E-state index in [9.17, 15) is 27.9 Å². The molecule has 3 rings (SSSR count). The number of carboxylic acids is 1. The molecule has 0 aliphatic carbocycles. The molecule has 11 heteroatoms. The Bertz CT molecular complexity index is 1120. The molecule has 0 aliphatic rings. The van der Waals surface area contributed by atoms with E-state index in [4.69, 9.17) is 4.74 Å². The van der Waals surface area contributed by atoms with Crippen molar-refractivity contribution in [1.29, 1.82) is 0 Å². The summed E-state index contributed by atoms with van der Waals surface area (Å²) < 4.78 is 43.1. The molecule has 0 aliphatic heterocycles. The minimum absolute atomic E-state index is 0.0145. The summed E-state index contributed by atoms with van der Waals surface area (Å²) in [6.07, 6.45) is -1.32. The Hall–Kier alpha value is -4.02. The lowest BCUT2D eigenvalue weighted by Crippen LogP contribution is -2.25. The predicted molar refractivity (Wildman–Crippen MR) is 101 cm³/mol. The Morgan fingerprint density at radius 2 is 1.71 bits per heavy atom. The highest BCUT2D eigenvalue weighted by molar-refractivity contribution is 6.04. The summed E-state index contributed by atoms with van der Waals surface area (Å²) in [5, 5.41) is 11.8. The van der Waals surface area contributed by atoms with Crippen LogP contribution in [0.4, 0.5) is 13.2 Å². The number of halogens is 3. The van der Waals surface area contributed by atoms with Crippen LogP contribution in [0.2, 0.25) is 0 Å². The number of rotatable bonds is 6. The van der Waals surface area contributed by atoms with Gasteiger partial charge in [0.2, 0.25) is 5.82 Å². The Balaban J connectivity index is 1.83. The van der Waals surface area contributed by atoms with Gasteiger partial charge in [0.05, 0.1) is 30.1 Å². The van der Waals surface area contributed by atoms with Crippen molar-refractivity contribution in [3.63, 3.8) is 0 Å². The zero-order valence-electron chi connectivity index (χ0n) is 16.0. The first-order valence-electron chi connectivity index (χ1n) is 8.73. The van der Waals surface area contributed by atoms with Gasteiger partial charge < -0.3 is 15.2 Å². The van der Waals surface area contributed by atoms with Crippen molar-refractivity contribution in [2.75, 3.05) is 7.11 Å². The standard InChI is InChI=1S/C20H15F3N4O4/c1-31-16-10-24-15(12-8-26-19(27-9-12)20(21,22)23)6-11(16)7-25-17(28)13-4-2-3-5-14(13)18(29)30/h2-6,8-10H,7H2,1H3,(H,25,28)(H,29,30). The fourth-order valence-electron chi connectivity index (χ4n) is 2.71. The first-order chi connectivity index (χ1) is 14.7. The number of nitrogens with one attached hydrogen (secondary N) is 1. The number of ether oxygens (including phenoxy) is 1. The number of carbonyl (C=O) groups is 2. The second-order valence-corrected chi connectivity index (χ2v) is 6.21. The highest BCUT2D eigenvalue weighted by atomic mass is 19.4. The van der Waals surface area contributed by atoms with Crippen molar-refractivity contribution in [3.05, 3.63) is 71.4 Å². The third-order valence-electron chi connectivity index (χ3n) is 4.21. The van der Waals surface area contributed by atoms with Crippen LogP contribution < -0.4 is 10.1 Å². The van der Waals surface area contributed by atoms with Gasteiger partial charge in [-0.3, -0.25) is 9.78 Å². The summed E-state index contributed by atoms with van der Waals surface area (Å²) in [5.41, 5.74) is 0.807. The topological polar surface area (TPSA) is 114 Å². The second-order valence-electron chi connectivity index (χ2n) is 6.21. The minimum Gasteiger partial charge on any atom is -0.495 e. The van der Waals surface area contributed by atoms with Crippen molar-refractivity contribution in [2.45, 2.75) is 12.7 Å². The van der Waals surface area contributed by atoms with Gasteiger partial charge in [-0.25, -0.2) is 14.8 Å². The number of methoxy groups -OCH3 is 1. The second kappa shape index (κ2) is 8.78. The van der Waals surface area contributed by atoms with Crippen molar-refractivity contribution >= 4 is 11.9 Å². The van der Waals surface area contributed by atoms with Crippen LogP contribution in [0.25, 0.3) is 11.3 Å². The van der Waals surface area contributed by atoms with Gasteiger partial charge in [-0.2, -0.15) is 13.2 Å². The summed E-state index contributed by atoms with van der Waals surface area (Å²) in [7, 11) is 1.39. The summed E-state index contributed by atoms with van der Waals surface area (Å²) in [6, 6.07) is 7.25. The Kier molecular flexibility index (Phi) is 6.14. The van der Waals surface area contributed by atoms with Crippen LogP contribution in [0.3, 0.4) is 0 Å². The molecule has 160 valence electrons. The molecule has 2 N–H and O–H groups in total. The SMILES string of the molecule is COc1cnc(-c2cnc(C(F)(F)F)nc2)cc1CNC(=O)c1ccccc1C(=O)O. The van der Waals surface area contributed by atoms with Gasteiger partial charge in [0, 0.05) is 30.1 Å². The fourth-order valence-corrected chi connectivity index (χ4v) is 2.71. The number of pyridine rings is 1. The van der Waals surface area contributed by atoms with Gasteiger partial charge in [-0.15, -0.1) is 0 Å². The van der Waals surface area contributed by atoms with Gasteiger partial charge in [0.25, 0.3) is 5.91 Å². The molecule has 2 heterocycles. The maximum Gasteiger partial charge on any atom is 0.451 e. The molecule has 0 saturated carbocycles. The van der Waals surface area contributed by atoms with Crippen LogP contribution in [0.1, 0.15) is 32.1 Å². The molecular weight excluding hydrogens is 417 g/mol. The molecule has 31 heavy (non-hydrogen) atoms. The zero-order valence-corrected chi connectivity index (χ0v) is 16.0. The van der Waals surface area contributed by atoms with Crippen LogP contribution in [0.15, 0.2) is 48.9 Å². The highest BCUT2D eigenvalue weighted by Gasteiger charge is 2.34. The van der Waals surface area contributed by atoms with Gasteiger partial charge >= 0.3 is 12.1 Å². The number of carbonyl (C=O) groups excluding carboxylic acids is 1. The third kappa shape index (κ3) is 4.94. The Morgan fingerprint density at radius 1 is 1.06 bits per heavy atom. The lowest BCUT2D eigenvalue weighted by molar-refractivity contribution is -0.145. The lowest BCUT2D eigenvalue weighted by atomic mass is 10.1. The average Bonchev–Trinajstić information content (AvgIpc) is 2.76. The molecule has 0 spiro atoms. The Labute approximate surface area is 173 Å². The Morgan fingerprint density at radius 3 is 2.29 bits per heavy atom. The molecule has 3 aromatic rings. The number of aromatic carboxylic acids is 1. The van der Waals surface area contributed by atoms with Crippen LogP contribution >= 0.6 is 0 Å². The number of hydrogen-bond acceptors (Lipinski definition) is 6. The van der Waals surface area contributed by atoms with E-state index in [-0.39, 0.29) is 28.9 Å². The summed E-state index contributed by atoms with van der Waals surface area (Å²) in [5.74, 6) is -2.80. The molecule has 8 nitrogen and oxygen atoms in total. The van der Waals surface area contributed by atoms with E-state index in [1.165, 1.54) is 43.6 Å². The van der Waals surface area contributed by atoms with E-state index in [1.807, 2.05) is 0 Å². The smallest absolute Gasteiger partial charge is 0.451 e. The van der Waals surface area contributed by atoms with Crippen molar-refractivity contribution in [3.8, 4) is 17.0 Å². The number of benzene rings is 1. The molecule has 0 fully saturated rings. The van der Waals surface area contributed by atoms with E-state index >= 15 is 0 Å². The van der Waals surface area contributed by atoms with Crippen molar-refractivity contribution in [2.24, 2.45) is 0 Å². The molecule has 2 aromatic heterocycles. The summed E-state index contributed by atoms with van der Waals surface area (Å²) in [4.78, 5) is 34.5. The first-order valence-corrected chi connectivity index (χ1v) is 8.73. The normalized spacial score (nSPS) is 11.1. The van der Waals surface area contributed by atoms with Crippen LogP contribution in [-0.2, 0) is 12.7 Å². The first kappa shape index (κ1) is 21.7. The maximum absolute atomic E-state index is 12.6. The third-order valence-corrected chi connectivity index (χ3v) is 4.21. The van der Waals surface area contributed by atoms with Crippen LogP contribution in [-0.4, -0.2) is 39.0 Å².